The van der Waals surface area contributed by atoms with Crippen LogP contribution in [0, 0.1) is 17.0 Å². The Bertz CT molecular complexity index is 769. The third kappa shape index (κ3) is 4.79. The average Bonchev–Trinajstić information content (AvgIpc) is 2.56. The molecule has 2 aromatic rings. The number of nitro benzene ring substituents is 1. The van der Waals surface area contributed by atoms with Gasteiger partial charge in [0.2, 0.25) is 0 Å². The van der Waals surface area contributed by atoms with Crippen molar-refractivity contribution in [3.63, 3.8) is 0 Å². The second-order valence-corrected chi connectivity index (χ2v) is 6.25. The SMILES string of the molecule is Cc1ccc(NC(=O)C(C)Oc2ccc(C(C)C)cc2)c([N+](=O)[O-])c1. The lowest BCUT2D eigenvalue weighted by molar-refractivity contribution is -0.384. The number of amides is 1. The first-order valence-corrected chi connectivity index (χ1v) is 8.10. The molecule has 0 saturated carbocycles. The van der Waals surface area contributed by atoms with E-state index in [4.69, 9.17) is 4.74 Å². The number of nitro groups is 1. The molecule has 0 radical (unpaired) electrons. The number of carbonyl (C=O) groups is 1. The van der Waals surface area contributed by atoms with Gasteiger partial charge in [-0.3, -0.25) is 14.9 Å². The molecular formula is C19H22N2O4. The first-order chi connectivity index (χ1) is 11.8. The summed E-state index contributed by atoms with van der Waals surface area (Å²) in [5.41, 5.74) is 1.95. The van der Waals surface area contributed by atoms with Crippen molar-refractivity contribution in [1.82, 2.24) is 0 Å². The lowest BCUT2D eigenvalue weighted by Crippen LogP contribution is -2.30. The van der Waals surface area contributed by atoms with Crippen molar-refractivity contribution >= 4 is 17.3 Å². The third-order valence-electron chi connectivity index (χ3n) is 3.84. The number of ether oxygens (including phenoxy) is 1. The van der Waals surface area contributed by atoms with Gasteiger partial charge in [0.15, 0.2) is 6.10 Å². The topological polar surface area (TPSA) is 81.5 Å². The third-order valence-corrected chi connectivity index (χ3v) is 3.84. The second kappa shape index (κ2) is 7.79. The van der Waals surface area contributed by atoms with Crippen LogP contribution in [-0.2, 0) is 4.79 Å². The van der Waals surface area contributed by atoms with Gasteiger partial charge in [0.25, 0.3) is 11.6 Å². The van der Waals surface area contributed by atoms with E-state index in [1.807, 2.05) is 24.3 Å². The molecule has 0 bridgehead atoms. The summed E-state index contributed by atoms with van der Waals surface area (Å²) in [4.78, 5) is 22.9. The highest BCUT2D eigenvalue weighted by Gasteiger charge is 2.20. The van der Waals surface area contributed by atoms with Crippen LogP contribution in [0.4, 0.5) is 11.4 Å². The molecule has 0 aromatic heterocycles. The molecule has 2 rings (SSSR count). The fraction of sp³-hybridized carbons (Fsp3) is 0.316. The van der Waals surface area contributed by atoms with Crippen molar-refractivity contribution in [3.8, 4) is 5.75 Å². The summed E-state index contributed by atoms with van der Waals surface area (Å²) in [7, 11) is 0. The molecule has 0 aliphatic heterocycles. The lowest BCUT2D eigenvalue weighted by Gasteiger charge is -2.15. The molecule has 25 heavy (non-hydrogen) atoms. The minimum absolute atomic E-state index is 0.137. The lowest BCUT2D eigenvalue weighted by atomic mass is 10.0. The van der Waals surface area contributed by atoms with Crippen molar-refractivity contribution in [2.24, 2.45) is 0 Å². The maximum Gasteiger partial charge on any atom is 0.293 e. The Morgan fingerprint density at radius 3 is 2.32 bits per heavy atom. The van der Waals surface area contributed by atoms with Gasteiger partial charge >= 0.3 is 0 Å². The van der Waals surface area contributed by atoms with E-state index in [1.54, 1.807) is 19.9 Å². The molecule has 0 fully saturated rings. The minimum Gasteiger partial charge on any atom is -0.481 e. The maximum absolute atomic E-state index is 12.3. The molecule has 0 aliphatic carbocycles. The van der Waals surface area contributed by atoms with Gasteiger partial charge in [-0.1, -0.05) is 32.0 Å². The number of hydrogen-bond donors (Lipinski definition) is 1. The molecule has 1 N–H and O–H groups in total. The minimum atomic E-state index is -0.786. The zero-order chi connectivity index (χ0) is 18.6. The zero-order valence-corrected chi connectivity index (χ0v) is 14.8. The summed E-state index contributed by atoms with van der Waals surface area (Å²) in [6, 6.07) is 12.2. The van der Waals surface area contributed by atoms with Crippen LogP contribution in [0.3, 0.4) is 0 Å². The number of benzene rings is 2. The smallest absolute Gasteiger partial charge is 0.293 e. The van der Waals surface area contributed by atoms with Crippen LogP contribution >= 0.6 is 0 Å². The Kier molecular flexibility index (Phi) is 5.75. The molecule has 0 saturated heterocycles. The molecule has 1 amide bonds. The van der Waals surface area contributed by atoms with Gasteiger partial charge in [0.1, 0.15) is 11.4 Å². The fourth-order valence-electron chi connectivity index (χ4n) is 2.32. The van der Waals surface area contributed by atoms with E-state index >= 15 is 0 Å². The van der Waals surface area contributed by atoms with E-state index in [9.17, 15) is 14.9 Å². The van der Waals surface area contributed by atoms with Crippen LogP contribution in [0.2, 0.25) is 0 Å². The summed E-state index contributed by atoms with van der Waals surface area (Å²) in [6.45, 7) is 7.55. The van der Waals surface area contributed by atoms with Gasteiger partial charge in [-0.15, -0.1) is 0 Å². The van der Waals surface area contributed by atoms with Crippen molar-refractivity contribution in [2.45, 2.75) is 39.7 Å². The normalized spacial score (nSPS) is 11.9. The monoisotopic (exact) mass is 342 g/mol. The summed E-state index contributed by atoms with van der Waals surface area (Å²) in [5.74, 6) is 0.544. The number of carbonyl (C=O) groups excluding carboxylic acids is 1. The fourth-order valence-corrected chi connectivity index (χ4v) is 2.32. The summed E-state index contributed by atoms with van der Waals surface area (Å²) < 4.78 is 5.63. The van der Waals surface area contributed by atoms with Crippen molar-refractivity contribution in [1.29, 1.82) is 0 Å². The van der Waals surface area contributed by atoms with E-state index in [0.29, 0.717) is 11.7 Å². The molecule has 1 unspecified atom stereocenters. The molecule has 1 atom stereocenters. The molecule has 2 aromatic carbocycles. The highest BCUT2D eigenvalue weighted by molar-refractivity contribution is 5.96. The molecule has 0 spiro atoms. The Morgan fingerprint density at radius 2 is 1.76 bits per heavy atom. The Labute approximate surface area is 147 Å². The predicted molar refractivity (Wildman–Crippen MR) is 97.1 cm³/mol. The molecule has 0 aliphatic rings. The highest BCUT2D eigenvalue weighted by atomic mass is 16.6. The standard InChI is InChI=1S/C19H22N2O4/c1-12(2)15-6-8-16(9-7-15)25-14(4)19(22)20-17-10-5-13(3)11-18(17)21(23)24/h5-12,14H,1-4H3,(H,20,22). The quantitative estimate of drug-likeness (QED) is 0.622. The average molecular weight is 342 g/mol. The Morgan fingerprint density at radius 1 is 1.12 bits per heavy atom. The Hall–Kier alpha value is -2.89. The van der Waals surface area contributed by atoms with Crippen LogP contribution in [0.5, 0.6) is 5.75 Å². The van der Waals surface area contributed by atoms with Gasteiger partial charge in [0.05, 0.1) is 4.92 Å². The van der Waals surface area contributed by atoms with Gasteiger partial charge in [-0.25, -0.2) is 0 Å². The summed E-state index contributed by atoms with van der Waals surface area (Å²) >= 11 is 0. The van der Waals surface area contributed by atoms with E-state index in [1.165, 1.54) is 17.7 Å². The van der Waals surface area contributed by atoms with E-state index in [0.717, 1.165) is 5.56 Å². The molecule has 132 valence electrons. The largest absolute Gasteiger partial charge is 0.481 e. The molecule has 6 nitrogen and oxygen atoms in total. The molecular weight excluding hydrogens is 320 g/mol. The highest BCUT2D eigenvalue weighted by Crippen LogP contribution is 2.26. The van der Waals surface area contributed by atoms with Crippen LogP contribution in [0.1, 0.15) is 37.8 Å². The Balaban J connectivity index is 2.07. The summed E-state index contributed by atoms with van der Waals surface area (Å²) in [5, 5.41) is 13.7. The second-order valence-electron chi connectivity index (χ2n) is 6.25. The van der Waals surface area contributed by atoms with Crippen LogP contribution in [0.25, 0.3) is 0 Å². The van der Waals surface area contributed by atoms with Crippen LogP contribution in [0.15, 0.2) is 42.5 Å². The number of nitrogens with zero attached hydrogens (tertiary/aromatic N) is 1. The first kappa shape index (κ1) is 18.4. The van der Waals surface area contributed by atoms with Crippen molar-refractivity contribution in [3.05, 3.63) is 63.7 Å². The maximum atomic E-state index is 12.3. The van der Waals surface area contributed by atoms with Crippen molar-refractivity contribution < 1.29 is 14.5 Å². The summed E-state index contributed by atoms with van der Waals surface area (Å²) in [6.07, 6.45) is -0.786. The number of anilines is 1. The van der Waals surface area contributed by atoms with Gasteiger partial charge in [0, 0.05) is 6.07 Å². The van der Waals surface area contributed by atoms with Crippen LogP contribution < -0.4 is 10.1 Å². The number of aryl methyl sites for hydroxylation is 1. The van der Waals surface area contributed by atoms with Gasteiger partial charge in [-0.2, -0.15) is 0 Å². The number of rotatable bonds is 6. The first-order valence-electron chi connectivity index (χ1n) is 8.10. The van der Waals surface area contributed by atoms with Gasteiger partial charge < -0.3 is 10.1 Å². The van der Waals surface area contributed by atoms with Crippen LogP contribution in [-0.4, -0.2) is 16.9 Å². The number of hydrogen-bond acceptors (Lipinski definition) is 4. The van der Waals surface area contributed by atoms with Gasteiger partial charge in [-0.05, 0) is 49.1 Å². The van der Waals surface area contributed by atoms with Crippen molar-refractivity contribution in [2.75, 3.05) is 5.32 Å². The number of nitrogens with one attached hydrogen (secondary N) is 1. The van der Waals surface area contributed by atoms with E-state index < -0.39 is 16.9 Å². The predicted octanol–water partition coefficient (Wildman–Crippen LogP) is 4.43. The molecule has 6 heteroatoms. The zero-order valence-electron chi connectivity index (χ0n) is 14.8. The van der Waals surface area contributed by atoms with E-state index in [2.05, 4.69) is 19.2 Å². The van der Waals surface area contributed by atoms with E-state index in [-0.39, 0.29) is 11.4 Å². The molecule has 0 heterocycles.